The van der Waals surface area contributed by atoms with E-state index in [0.717, 1.165) is 42.3 Å². The summed E-state index contributed by atoms with van der Waals surface area (Å²) in [4.78, 5) is 17.7. The van der Waals surface area contributed by atoms with E-state index in [0.29, 0.717) is 17.7 Å². The average Bonchev–Trinajstić information content (AvgIpc) is 2.95. The lowest BCUT2D eigenvalue weighted by Crippen LogP contribution is -2.05. The maximum absolute atomic E-state index is 12.9. The molecule has 1 aromatic heterocycles. The van der Waals surface area contributed by atoms with Crippen LogP contribution in [0, 0.1) is 0 Å². The summed E-state index contributed by atoms with van der Waals surface area (Å²) in [7, 11) is 0. The Morgan fingerprint density at radius 1 is 0.800 bits per heavy atom. The van der Waals surface area contributed by atoms with E-state index in [1.165, 1.54) is 0 Å². The summed E-state index contributed by atoms with van der Waals surface area (Å²) in [5.74, 6) is 0. The van der Waals surface area contributed by atoms with Crippen molar-refractivity contribution in [1.82, 2.24) is 0 Å². The van der Waals surface area contributed by atoms with Crippen LogP contribution < -0.4 is 5.63 Å². The third-order valence-electron chi connectivity index (χ3n) is 5.16. The summed E-state index contributed by atoms with van der Waals surface area (Å²) in [6, 6.07) is 23.6. The van der Waals surface area contributed by atoms with E-state index in [2.05, 4.69) is 44.0 Å². The first-order chi connectivity index (χ1) is 14.6. The molecule has 0 fully saturated rings. The topological polar surface area (TPSA) is 42.6 Å². The molecule has 5 heteroatoms. The van der Waals surface area contributed by atoms with E-state index in [-0.39, 0.29) is 0 Å². The summed E-state index contributed by atoms with van der Waals surface area (Å²) in [6.07, 6.45) is 2.65. The van der Waals surface area contributed by atoms with Crippen molar-refractivity contribution in [3.63, 3.8) is 0 Å². The molecule has 0 amide bonds. The van der Waals surface area contributed by atoms with Gasteiger partial charge in [-0.25, -0.2) is 9.79 Å². The predicted molar refractivity (Wildman–Crippen MR) is 129 cm³/mol. The zero-order valence-electron chi connectivity index (χ0n) is 15.7. The van der Waals surface area contributed by atoms with Crippen molar-refractivity contribution >= 4 is 65.9 Å². The first-order valence-electron chi connectivity index (χ1n) is 9.45. The second kappa shape index (κ2) is 7.82. The third-order valence-corrected chi connectivity index (χ3v) is 6.54. The molecule has 0 saturated carbocycles. The quantitative estimate of drug-likeness (QED) is 0.259. The minimum absolute atomic E-state index is 0.335. The summed E-state index contributed by atoms with van der Waals surface area (Å²) in [5, 5.41) is 0.869. The number of allylic oxidation sites excluding steroid dienone is 1. The minimum Gasteiger partial charge on any atom is -0.421 e. The van der Waals surface area contributed by atoms with Crippen LogP contribution in [0.15, 0.2) is 95.9 Å². The summed E-state index contributed by atoms with van der Waals surface area (Å²) < 4.78 is 7.51. The standard InChI is InChI=1S/C25H15Br2NO2/c26-20-10-4-1-7-16(20)15-13-19-17-8-3-6-12-23(17)30-25(29)24(19)28-22(14-15)18-9-2-5-11-21(18)27/h1-13H,14H2. The molecule has 0 spiro atoms. The normalized spacial score (nSPS) is 13.4. The molecular weight excluding hydrogens is 506 g/mol. The largest absolute Gasteiger partial charge is 0.421 e. The van der Waals surface area contributed by atoms with Gasteiger partial charge >= 0.3 is 5.63 Å². The van der Waals surface area contributed by atoms with E-state index in [4.69, 9.17) is 9.41 Å². The van der Waals surface area contributed by atoms with E-state index in [1.54, 1.807) is 0 Å². The predicted octanol–water partition coefficient (Wildman–Crippen LogP) is 7.38. The van der Waals surface area contributed by atoms with E-state index < -0.39 is 5.63 Å². The molecule has 1 aliphatic heterocycles. The first-order valence-corrected chi connectivity index (χ1v) is 11.0. The Balaban J connectivity index is 1.86. The lowest BCUT2D eigenvalue weighted by atomic mass is 9.95. The molecule has 0 N–H and O–H groups in total. The van der Waals surface area contributed by atoms with Crippen molar-refractivity contribution in [1.29, 1.82) is 0 Å². The number of halogens is 2. The number of aliphatic imine (C=N–C) groups is 1. The monoisotopic (exact) mass is 519 g/mol. The molecule has 1 aliphatic rings. The van der Waals surface area contributed by atoms with Gasteiger partial charge in [-0.1, -0.05) is 86.5 Å². The van der Waals surface area contributed by atoms with Gasteiger partial charge in [0, 0.05) is 31.9 Å². The van der Waals surface area contributed by atoms with Gasteiger partial charge in [-0.15, -0.1) is 0 Å². The third kappa shape index (κ3) is 3.38. The van der Waals surface area contributed by atoms with Crippen molar-refractivity contribution in [3.05, 3.63) is 109 Å². The highest BCUT2D eigenvalue weighted by Gasteiger charge is 2.21. The highest BCUT2D eigenvalue weighted by molar-refractivity contribution is 9.10. The zero-order valence-corrected chi connectivity index (χ0v) is 18.9. The van der Waals surface area contributed by atoms with Crippen molar-refractivity contribution in [2.24, 2.45) is 4.99 Å². The fourth-order valence-electron chi connectivity index (χ4n) is 3.74. The van der Waals surface area contributed by atoms with Crippen LogP contribution in [0.3, 0.4) is 0 Å². The molecule has 0 unspecified atom stereocenters. The molecule has 2 heterocycles. The van der Waals surface area contributed by atoms with Crippen LogP contribution in [-0.2, 0) is 0 Å². The maximum Gasteiger partial charge on any atom is 0.363 e. The Labute approximate surface area is 190 Å². The van der Waals surface area contributed by atoms with Crippen LogP contribution >= 0.6 is 31.9 Å². The molecule has 3 nitrogen and oxygen atoms in total. The van der Waals surface area contributed by atoms with Gasteiger partial charge in [-0.2, -0.15) is 0 Å². The molecular formula is C25H15Br2NO2. The molecule has 0 aliphatic carbocycles. The van der Waals surface area contributed by atoms with Crippen molar-refractivity contribution in [2.75, 3.05) is 0 Å². The molecule has 5 rings (SSSR count). The minimum atomic E-state index is -0.433. The first kappa shape index (κ1) is 19.2. The molecule has 146 valence electrons. The van der Waals surface area contributed by atoms with Gasteiger partial charge < -0.3 is 4.42 Å². The second-order valence-corrected chi connectivity index (χ2v) is 8.72. The summed E-state index contributed by atoms with van der Waals surface area (Å²) in [6.45, 7) is 0. The van der Waals surface area contributed by atoms with Crippen LogP contribution in [-0.4, -0.2) is 5.71 Å². The molecule has 0 bridgehead atoms. The molecule has 0 atom stereocenters. The van der Waals surface area contributed by atoms with Crippen molar-refractivity contribution in [2.45, 2.75) is 6.42 Å². The van der Waals surface area contributed by atoms with Crippen LogP contribution in [0.4, 0.5) is 5.69 Å². The highest BCUT2D eigenvalue weighted by Crippen LogP contribution is 2.37. The average molecular weight is 521 g/mol. The lowest BCUT2D eigenvalue weighted by Gasteiger charge is -2.12. The molecule has 0 saturated heterocycles. The number of benzene rings is 3. The smallest absolute Gasteiger partial charge is 0.363 e. The van der Waals surface area contributed by atoms with Crippen LogP contribution in [0.1, 0.15) is 23.1 Å². The maximum atomic E-state index is 12.9. The summed E-state index contributed by atoms with van der Waals surface area (Å²) in [5.41, 5.74) is 5.16. The Morgan fingerprint density at radius 2 is 1.43 bits per heavy atom. The zero-order chi connectivity index (χ0) is 20.7. The number of hydrogen-bond donors (Lipinski definition) is 0. The van der Waals surface area contributed by atoms with E-state index >= 15 is 0 Å². The van der Waals surface area contributed by atoms with Crippen LogP contribution in [0.25, 0.3) is 22.6 Å². The molecule has 4 aromatic rings. The van der Waals surface area contributed by atoms with Crippen molar-refractivity contribution in [3.8, 4) is 0 Å². The van der Waals surface area contributed by atoms with Crippen LogP contribution in [0.5, 0.6) is 0 Å². The second-order valence-electron chi connectivity index (χ2n) is 7.01. The SMILES string of the molecule is O=c1oc2ccccc2c2c1N=C(c1ccccc1Br)CC(c1ccccc1Br)=C2. The van der Waals surface area contributed by atoms with Gasteiger partial charge in [0.05, 0.1) is 5.71 Å². The van der Waals surface area contributed by atoms with Gasteiger partial charge in [0.15, 0.2) is 5.69 Å². The molecule has 30 heavy (non-hydrogen) atoms. The number of para-hydroxylation sites is 1. The van der Waals surface area contributed by atoms with Gasteiger partial charge in [-0.3, -0.25) is 0 Å². The van der Waals surface area contributed by atoms with Crippen molar-refractivity contribution < 1.29 is 4.42 Å². The highest BCUT2D eigenvalue weighted by atomic mass is 79.9. The number of rotatable bonds is 2. The number of nitrogens with zero attached hydrogens (tertiary/aromatic N) is 1. The van der Waals surface area contributed by atoms with Gasteiger partial charge in [0.2, 0.25) is 0 Å². The Morgan fingerprint density at radius 3 is 2.17 bits per heavy atom. The fraction of sp³-hybridized carbons (Fsp3) is 0.0400. The summed E-state index contributed by atoms with van der Waals surface area (Å²) >= 11 is 7.32. The molecule has 3 aromatic carbocycles. The van der Waals surface area contributed by atoms with Gasteiger partial charge in [-0.05, 0) is 35.4 Å². The lowest BCUT2D eigenvalue weighted by molar-refractivity contribution is 0.562. The number of fused-ring (bicyclic) bond motifs is 3. The Bertz CT molecular complexity index is 1420. The Kier molecular flexibility index (Phi) is 5.01. The van der Waals surface area contributed by atoms with Gasteiger partial charge in [0.1, 0.15) is 5.58 Å². The van der Waals surface area contributed by atoms with E-state index in [1.807, 2.05) is 66.7 Å². The number of hydrogen-bond acceptors (Lipinski definition) is 3. The van der Waals surface area contributed by atoms with E-state index in [9.17, 15) is 4.79 Å². The van der Waals surface area contributed by atoms with Crippen LogP contribution in [0.2, 0.25) is 0 Å². The Hall–Kier alpha value is -2.76. The fourth-order valence-corrected chi connectivity index (χ4v) is 4.79. The van der Waals surface area contributed by atoms with Gasteiger partial charge in [0.25, 0.3) is 0 Å². The molecule has 0 radical (unpaired) electrons.